The minimum Gasteiger partial charge on any atom is -0.479 e. The number of aliphatic hydroxyl groups is 2. The number of nitrogens with zero attached hydrogens (tertiary/aromatic N) is 2. The number of hydrogen-bond acceptors (Lipinski definition) is 8. The minimum absolute atomic E-state index is 0.391. The van der Waals surface area contributed by atoms with Crippen LogP contribution in [0, 0.1) is 0 Å². The van der Waals surface area contributed by atoms with Gasteiger partial charge in [-0.3, -0.25) is 19.5 Å². The van der Waals surface area contributed by atoms with Gasteiger partial charge in [-0.15, -0.1) is 0 Å². The highest BCUT2D eigenvalue weighted by Gasteiger charge is 2.69. The van der Waals surface area contributed by atoms with Crippen LogP contribution in [0.1, 0.15) is 45.2 Å². The number of aromatic nitrogens is 1. The molecule has 4 N–H and O–H groups in total. The van der Waals surface area contributed by atoms with Crippen LogP contribution in [0.15, 0.2) is 85.2 Å². The van der Waals surface area contributed by atoms with E-state index in [2.05, 4.69) is 23.0 Å². The third-order valence-corrected chi connectivity index (χ3v) is 6.46. The highest BCUT2D eigenvalue weighted by Crippen LogP contribution is 2.32. The number of ketones is 2. The van der Waals surface area contributed by atoms with E-state index in [0.717, 1.165) is 24.3 Å². The van der Waals surface area contributed by atoms with Crippen LogP contribution in [0.5, 0.6) is 0 Å². The number of likely N-dealkylation sites (tertiary alicyclic amines) is 1. The molecule has 198 valence electrons. The molecule has 1 saturated heterocycles. The lowest BCUT2D eigenvalue weighted by molar-refractivity contribution is -0.187. The number of Topliss-reactive ketones (excluding diaryl/α,β-unsaturated/α-hetero) is 2. The SMILES string of the molecule is CN1CCC[C@@H]1c1cccnc1.O=C(O)[C@](O)(C(=O)c1ccccc1)[C@](O)(C(=O)O)C(=O)c1ccccc1. The molecule has 0 radical (unpaired) electrons. The lowest BCUT2D eigenvalue weighted by Gasteiger charge is -2.34. The maximum absolute atomic E-state index is 12.6. The second kappa shape index (κ2) is 11.9. The molecule has 1 fully saturated rings. The Bertz CT molecular complexity index is 1210. The van der Waals surface area contributed by atoms with Crippen LogP contribution in [-0.2, 0) is 9.59 Å². The van der Waals surface area contributed by atoms with E-state index in [1.54, 1.807) is 0 Å². The maximum atomic E-state index is 12.6. The number of carbonyl (C=O) groups excluding carboxylic acids is 2. The Balaban J connectivity index is 0.000000275. The predicted molar refractivity (Wildman–Crippen MR) is 136 cm³/mol. The molecule has 1 aliphatic rings. The number of hydrogen-bond donors (Lipinski definition) is 4. The first kappa shape index (κ1) is 28.3. The van der Waals surface area contributed by atoms with Gasteiger partial charge in [-0.2, -0.15) is 0 Å². The van der Waals surface area contributed by atoms with Crippen LogP contribution < -0.4 is 0 Å². The molecule has 1 aliphatic heterocycles. The summed E-state index contributed by atoms with van der Waals surface area (Å²) in [5.74, 6) is -8.03. The van der Waals surface area contributed by atoms with Gasteiger partial charge in [0.2, 0.25) is 11.6 Å². The molecule has 0 aliphatic carbocycles. The molecule has 3 atom stereocenters. The standard InChI is InChI=1S/C18H14O8.C10H14N2/c19-13(11-7-3-1-4-8-11)17(25,15(21)22)18(26,16(23)24)14(20)12-9-5-2-6-10-12;1-12-7-3-5-10(12)9-4-2-6-11-8-9/h1-10,25-26H,(H,21,22)(H,23,24);2,4,6,8,10H,3,5,7H2,1H3/t17-,18-;10-/m11/s1. The summed E-state index contributed by atoms with van der Waals surface area (Å²) < 4.78 is 0. The molecule has 2 heterocycles. The summed E-state index contributed by atoms with van der Waals surface area (Å²) in [7, 11) is 2.19. The fourth-order valence-electron chi connectivity index (χ4n) is 4.33. The number of carboxylic acid groups (broad SMARTS) is 2. The third kappa shape index (κ3) is 5.37. The fourth-order valence-corrected chi connectivity index (χ4v) is 4.33. The number of rotatable bonds is 8. The Hall–Kier alpha value is -4.25. The average Bonchev–Trinajstić information content (AvgIpc) is 3.38. The number of benzene rings is 2. The van der Waals surface area contributed by atoms with Crippen molar-refractivity contribution < 1.29 is 39.6 Å². The van der Waals surface area contributed by atoms with Gasteiger partial charge in [-0.05, 0) is 38.1 Å². The second-order valence-corrected chi connectivity index (χ2v) is 8.85. The van der Waals surface area contributed by atoms with Gasteiger partial charge < -0.3 is 20.4 Å². The van der Waals surface area contributed by atoms with Crippen LogP contribution in [0.25, 0.3) is 0 Å². The van der Waals surface area contributed by atoms with Crippen molar-refractivity contribution in [3.05, 3.63) is 102 Å². The quantitative estimate of drug-likeness (QED) is 0.256. The summed E-state index contributed by atoms with van der Waals surface area (Å²) in [4.78, 5) is 55.1. The highest BCUT2D eigenvalue weighted by molar-refractivity contribution is 6.28. The van der Waals surface area contributed by atoms with Crippen molar-refractivity contribution in [3.63, 3.8) is 0 Å². The summed E-state index contributed by atoms with van der Waals surface area (Å²) >= 11 is 0. The molecule has 0 amide bonds. The number of carbonyl (C=O) groups is 4. The number of aliphatic carboxylic acids is 2. The Morgan fingerprint density at radius 2 is 1.26 bits per heavy atom. The zero-order valence-corrected chi connectivity index (χ0v) is 20.6. The zero-order valence-electron chi connectivity index (χ0n) is 20.6. The largest absolute Gasteiger partial charge is 0.479 e. The third-order valence-electron chi connectivity index (χ3n) is 6.46. The highest BCUT2D eigenvalue weighted by atomic mass is 16.5. The summed E-state index contributed by atoms with van der Waals surface area (Å²) in [6, 6.07) is 17.6. The lowest BCUT2D eigenvalue weighted by atomic mass is 9.73. The Kier molecular flexibility index (Phi) is 8.84. The smallest absolute Gasteiger partial charge is 0.348 e. The molecule has 0 unspecified atom stereocenters. The normalized spacial score (nSPS) is 18.2. The van der Waals surface area contributed by atoms with Crippen molar-refractivity contribution >= 4 is 23.5 Å². The topological polar surface area (TPSA) is 165 Å². The minimum atomic E-state index is -3.95. The van der Waals surface area contributed by atoms with Crippen molar-refractivity contribution in [2.75, 3.05) is 13.6 Å². The Morgan fingerprint density at radius 3 is 1.61 bits per heavy atom. The molecule has 1 aromatic heterocycles. The van der Waals surface area contributed by atoms with Gasteiger partial charge in [0.15, 0.2) is 0 Å². The van der Waals surface area contributed by atoms with E-state index in [-0.39, 0.29) is 0 Å². The van der Waals surface area contributed by atoms with Crippen molar-refractivity contribution in [3.8, 4) is 0 Å². The maximum Gasteiger partial charge on any atom is 0.348 e. The molecule has 0 saturated carbocycles. The van der Waals surface area contributed by atoms with Crippen LogP contribution in [0.3, 0.4) is 0 Å². The van der Waals surface area contributed by atoms with E-state index < -0.39 is 45.8 Å². The van der Waals surface area contributed by atoms with Crippen molar-refractivity contribution in [2.24, 2.45) is 0 Å². The molecule has 2 aromatic carbocycles. The van der Waals surface area contributed by atoms with Crippen molar-refractivity contribution in [2.45, 2.75) is 30.1 Å². The first-order valence-corrected chi connectivity index (χ1v) is 11.8. The van der Waals surface area contributed by atoms with E-state index in [0.29, 0.717) is 6.04 Å². The molecular weight excluding hydrogens is 492 g/mol. The second-order valence-electron chi connectivity index (χ2n) is 8.85. The first-order chi connectivity index (χ1) is 18.0. The zero-order chi connectivity index (χ0) is 27.9. The van der Waals surface area contributed by atoms with Gasteiger partial charge in [0.05, 0.1) is 0 Å². The molecule has 10 heteroatoms. The van der Waals surface area contributed by atoms with E-state index in [1.165, 1.54) is 61.3 Å². The van der Waals surface area contributed by atoms with Crippen LogP contribution in [0.4, 0.5) is 0 Å². The van der Waals surface area contributed by atoms with Crippen LogP contribution >= 0.6 is 0 Å². The Labute approximate surface area is 218 Å². The first-order valence-electron chi connectivity index (χ1n) is 11.8. The predicted octanol–water partition coefficient (Wildman–Crippen LogP) is 2.23. The Morgan fingerprint density at radius 1 is 0.789 bits per heavy atom. The van der Waals surface area contributed by atoms with E-state index in [9.17, 15) is 39.6 Å². The van der Waals surface area contributed by atoms with Gasteiger partial charge >= 0.3 is 11.9 Å². The lowest BCUT2D eigenvalue weighted by Crippen LogP contribution is -2.71. The van der Waals surface area contributed by atoms with Gasteiger partial charge in [0, 0.05) is 29.6 Å². The van der Waals surface area contributed by atoms with Crippen LogP contribution in [-0.4, -0.2) is 78.6 Å². The monoisotopic (exact) mass is 520 g/mol. The molecule has 38 heavy (non-hydrogen) atoms. The summed E-state index contributed by atoms with van der Waals surface area (Å²) in [6.07, 6.45) is 6.41. The molecule has 3 aromatic rings. The van der Waals surface area contributed by atoms with E-state index in [1.807, 2.05) is 18.5 Å². The van der Waals surface area contributed by atoms with Crippen molar-refractivity contribution in [1.82, 2.24) is 9.88 Å². The molecule has 0 bridgehead atoms. The fraction of sp³-hybridized carbons (Fsp3) is 0.250. The molecule has 4 rings (SSSR count). The summed E-state index contributed by atoms with van der Waals surface area (Å²) in [6.45, 7) is 1.22. The molecule has 10 nitrogen and oxygen atoms in total. The van der Waals surface area contributed by atoms with Gasteiger partial charge in [0.25, 0.3) is 11.2 Å². The van der Waals surface area contributed by atoms with Crippen molar-refractivity contribution in [1.29, 1.82) is 0 Å². The van der Waals surface area contributed by atoms with Gasteiger partial charge in [-0.1, -0.05) is 66.7 Å². The van der Waals surface area contributed by atoms with E-state index in [4.69, 9.17) is 0 Å². The van der Waals surface area contributed by atoms with Crippen LogP contribution in [0.2, 0.25) is 0 Å². The van der Waals surface area contributed by atoms with Gasteiger partial charge in [0.1, 0.15) is 0 Å². The number of pyridine rings is 1. The molecular formula is C28H28N2O8. The number of carboxylic acids is 2. The summed E-state index contributed by atoms with van der Waals surface area (Å²) in [5, 5.41) is 39.9. The van der Waals surface area contributed by atoms with E-state index >= 15 is 0 Å². The molecule has 0 spiro atoms. The summed E-state index contributed by atoms with van der Waals surface area (Å²) in [5.41, 5.74) is -7.33. The average molecular weight is 521 g/mol. The van der Waals surface area contributed by atoms with Gasteiger partial charge in [-0.25, -0.2) is 9.59 Å².